The lowest BCUT2D eigenvalue weighted by atomic mass is 9.74. The van der Waals surface area contributed by atoms with E-state index >= 15 is 0 Å². The third kappa shape index (κ3) is 4.94. The zero-order chi connectivity index (χ0) is 34.3. The second-order valence-electron chi connectivity index (χ2n) is 12.9. The first-order valence-corrected chi connectivity index (χ1v) is 16.8. The van der Waals surface area contributed by atoms with Crippen molar-refractivity contribution in [2.24, 2.45) is 5.16 Å². The summed E-state index contributed by atoms with van der Waals surface area (Å²) in [5.41, 5.74) is 5.22. The molecule has 0 radical (unpaired) electrons. The lowest BCUT2D eigenvalue weighted by Gasteiger charge is -2.33. The third-order valence-electron chi connectivity index (χ3n) is 10.3. The van der Waals surface area contributed by atoms with Crippen LogP contribution in [0.1, 0.15) is 58.7 Å². The fourth-order valence-electron chi connectivity index (χ4n) is 7.59. The van der Waals surface area contributed by atoms with Gasteiger partial charge in [0.1, 0.15) is 6.61 Å². The molecular formula is C42H35N3O5. The summed E-state index contributed by atoms with van der Waals surface area (Å²) in [4.78, 5) is 38.6. The highest BCUT2D eigenvalue weighted by Gasteiger charge is 2.42. The van der Waals surface area contributed by atoms with Gasteiger partial charge in [-0.25, -0.2) is 4.98 Å². The SMILES string of the molecule is CCC1(CO)CC(=O)OCc2c1cc1n(c2=O)Cc2c-1nc1ccccc1c2/C=N/OC(c1ccccc1)(c1ccccc1)c1ccccc1. The molecule has 6 aromatic rings. The number of esters is 1. The van der Waals surface area contributed by atoms with Crippen LogP contribution in [-0.2, 0) is 38.5 Å². The van der Waals surface area contributed by atoms with Gasteiger partial charge in [-0.1, -0.05) is 121 Å². The van der Waals surface area contributed by atoms with Crippen molar-refractivity contribution in [2.45, 2.75) is 43.9 Å². The number of carbonyl (C=O) groups is 1. The summed E-state index contributed by atoms with van der Waals surface area (Å²) in [5, 5.41) is 16.2. The zero-order valence-electron chi connectivity index (χ0n) is 27.6. The van der Waals surface area contributed by atoms with E-state index in [2.05, 4.69) is 0 Å². The van der Waals surface area contributed by atoms with Gasteiger partial charge < -0.3 is 19.2 Å². The number of fused-ring (bicyclic) bond motifs is 5. The van der Waals surface area contributed by atoms with E-state index in [0.29, 0.717) is 28.9 Å². The first kappa shape index (κ1) is 31.4. The molecule has 0 fully saturated rings. The van der Waals surface area contributed by atoms with Crippen molar-refractivity contribution in [3.63, 3.8) is 0 Å². The molecule has 248 valence electrons. The van der Waals surface area contributed by atoms with Crippen molar-refractivity contribution >= 4 is 23.1 Å². The maximum atomic E-state index is 14.2. The molecule has 0 spiro atoms. The molecule has 0 bridgehead atoms. The average Bonchev–Trinajstić information content (AvgIpc) is 3.47. The van der Waals surface area contributed by atoms with Gasteiger partial charge in [0.05, 0.1) is 48.3 Å². The molecule has 1 N–H and O–H groups in total. The highest BCUT2D eigenvalue weighted by Crippen LogP contribution is 2.43. The van der Waals surface area contributed by atoms with Crippen molar-refractivity contribution in [2.75, 3.05) is 6.61 Å². The summed E-state index contributed by atoms with van der Waals surface area (Å²) < 4.78 is 7.16. The van der Waals surface area contributed by atoms with Gasteiger partial charge >= 0.3 is 5.97 Å². The molecule has 8 nitrogen and oxygen atoms in total. The molecule has 0 amide bonds. The Labute approximate surface area is 289 Å². The molecule has 4 heterocycles. The van der Waals surface area contributed by atoms with Gasteiger partial charge in [0.15, 0.2) is 0 Å². The summed E-state index contributed by atoms with van der Waals surface area (Å²) in [6, 6.07) is 39.9. The fraction of sp³-hybridized carbons (Fsp3) is 0.190. The van der Waals surface area contributed by atoms with E-state index in [1.54, 1.807) is 10.8 Å². The summed E-state index contributed by atoms with van der Waals surface area (Å²) in [6.45, 7) is 1.75. The minimum Gasteiger partial charge on any atom is -0.461 e. The number of cyclic esters (lactones) is 1. The van der Waals surface area contributed by atoms with E-state index in [1.807, 2.05) is 128 Å². The van der Waals surface area contributed by atoms with E-state index in [1.165, 1.54) is 0 Å². The number of hydrogen-bond acceptors (Lipinski definition) is 7. The Kier molecular flexibility index (Phi) is 7.88. The highest BCUT2D eigenvalue weighted by atomic mass is 16.6. The smallest absolute Gasteiger partial charge is 0.307 e. The standard InChI is InChI=1S/C42H35N3O5/c1-2-41(27-46)23-38(47)49-26-34-35(41)22-37-39-33(25-45(37)40(34)48)32(31-20-12-13-21-36(31)44-39)24-43-50-42(28-14-6-3-7-15-28,29-16-8-4-9-17-29)30-18-10-5-11-19-30/h3-22,24,46H,2,23,25-27H2,1H3/b43-24+. The molecule has 0 aliphatic carbocycles. The quantitative estimate of drug-likeness (QED) is 0.0827. The highest BCUT2D eigenvalue weighted by molar-refractivity contribution is 6.02. The lowest BCUT2D eigenvalue weighted by molar-refractivity contribution is -0.146. The first-order chi connectivity index (χ1) is 24.5. The molecule has 0 saturated heterocycles. The molecule has 2 aliphatic heterocycles. The molecule has 0 saturated carbocycles. The van der Waals surface area contributed by atoms with Gasteiger partial charge in [-0.3, -0.25) is 9.59 Å². The Morgan fingerprint density at radius 2 is 1.48 bits per heavy atom. The van der Waals surface area contributed by atoms with Crippen molar-refractivity contribution in [1.82, 2.24) is 9.55 Å². The van der Waals surface area contributed by atoms with Crippen LogP contribution in [0.5, 0.6) is 0 Å². The molecule has 1 atom stereocenters. The van der Waals surface area contributed by atoms with E-state index < -0.39 is 17.0 Å². The van der Waals surface area contributed by atoms with Crippen LogP contribution in [0.3, 0.4) is 0 Å². The predicted molar refractivity (Wildman–Crippen MR) is 192 cm³/mol. The number of aliphatic hydroxyl groups excluding tert-OH is 1. The number of oxime groups is 1. The van der Waals surface area contributed by atoms with Gasteiger partial charge in [0, 0.05) is 38.6 Å². The number of nitrogens with zero attached hydrogens (tertiary/aromatic N) is 3. The van der Waals surface area contributed by atoms with Crippen LogP contribution in [0, 0.1) is 0 Å². The Bertz CT molecular complexity index is 2220. The van der Waals surface area contributed by atoms with Crippen molar-refractivity contribution < 1.29 is 19.5 Å². The summed E-state index contributed by atoms with van der Waals surface area (Å²) in [7, 11) is 0. The van der Waals surface area contributed by atoms with Gasteiger partial charge in [-0.15, -0.1) is 0 Å². The molecular weight excluding hydrogens is 626 g/mol. The maximum absolute atomic E-state index is 14.2. The van der Waals surface area contributed by atoms with Crippen LogP contribution in [0.2, 0.25) is 0 Å². The Balaban J connectivity index is 1.30. The number of aliphatic hydroxyl groups is 1. The second-order valence-corrected chi connectivity index (χ2v) is 12.9. The average molecular weight is 662 g/mol. The first-order valence-electron chi connectivity index (χ1n) is 16.8. The molecule has 8 heteroatoms. The Hall–Kier alpha value is -5.86. The van der Waals surface area contributed by atoms with Crippen LogP contribution in [0.15, 0.2) is 131 Å². The summed E-state index contributed by atoms with van der Waals surface area (Å²) in [6.07, 6.45) is 2.20. The lowest BCUT2D eigenvalue weighted by Crippen LogP contribution is -2.35. The van der Waals surface area contributed by atoms with E-state index in [0.717, 1.165) is 38.7 Å². The fourth-order valence-corrected chi connectivity index (χ4v) is 7.59. The van der Waals surface area contributed by atoms with Crippen LogP contribution in [0.4, 0.5) is 0 Å². The van der Waals surface area contributed by atoms with Gasteiger partial charge in [-0.2, -0.15) is 0 Å². The largest absolute Gasteiger partial charge is 0.461 e. The number of carbonyl (C=O) groups excluding carboxylic acids is 1. The van der Waals surface area contributed by atoms with Crippen molar-refractivity contribution in [3.8, 4) is 11.4 Å². The number of ether oxygens (including phenoxy) is 1. The van der Waals surface area contributed by atoms with Crippen LogP contribution >= 0.6 is 0 Å². The summed E-state index contributed by atoms with van der Waals surface area (Å²) >= 11 is 0. The Morgan fingerprint density at radius 3 is 2.08 bits per heavy atom. The monoisotopic (exact) mass is 661 g/mol. The molecule has 2 aliphatic rings. The summed E-state index contributed by atoms with van der Waals surface area (Å²) in [5.74, 6) is -0.428. The Morgan fingerprint density at radius 1 is 0.880 bits per heavy atom. The number of aromatic nitrogens is 2. The van der Waals surface area contributed by atoms with Crippen molar-refractivity contribution in [3.05, 3.63) is 171 Å². The molecule has 8 rings (SSSR count). The van der Waals surface area contributed by atoms with Crippen LogP contribution < -0.4 is 5.56 Å². The number of hydrogen-bond donors (Lipinski definition) is 1. The molecule has 1 unspecified atom stereocenters. The minimum absolute atomic E-state index is 0.00482. The number of benzene rings is 4. The normalized spacial score (nSPS) is 16.8. The maximum Gasteiger partial charge on any atom is 0.307 e. The third-order valence-corrected chi connectivity index (χ3v) is 10.3. The number of pyridine rings is 2. The van der Waals surface area contributed by atoms with Crippen LogP contribution in [0.25, 0.3) is 22.3 Å². The van der Waals surface area contributed by atoms with Gasteiger partial charge in [-0.05, 0) is 24.1 Å². The second kappa shape index (κ2) is 12.5. The molecule has 50 heavy (non-hydrogen) atoms. The van der Waals surface area contributed by atoms with E-state index in [-0.39, 0.29) is 31.7 Å². The topological polar surface area (TPSA) is 103 Å². The zero-order valence-corrected chi connectivity index (χ0v) is 27.6. The van der Waals surface area contributed by atoms with Gasteiger partial charge in [0.25, 0.3) is 5.56 Å². The van der Waals surface area contributed by atoms with E-state index in [9.17, 15) is 14.7 Å². The van der Waals surface area contributed by atoms with Crippen LogP contribution in [-0.4, -0.2) is 33.4 Å². The predicted octanol–water partition coefficient (Wildman–Crippen LogP) is 6.85. The van der Waals surface area contributed by atoms with Gasteiger partial charge in [0.2, 0.25) is 5.60 Å². The molecule has 2 aromatic heterocycles. The minimum atomic E-state index is -1.06. The van der Waals surface area contributed by atoms with E-state index in [4.69, 9.17) is 19.7 Å². The number of para-hydroxylation sites is 1. The number of rotatable bonds is 8. The molecule has 4 aromatic carbocycles. The van der Waals surface area contributed by atoms with Crippen molar-refractivity contribution in [1.29, 1.82) is 0 Å².